The second-order valence-corrected chi connectivity index (χ2v) is 7.35. The van der Waals surface area contributed by atoms with Crippen molar-refractivity contribution in [1.29, 1.82) is 0 Å². The van der Waals surface area contributed by atoms with Gasteiger partial charge in [-0.15, -0.1) is 0 Å². The Morgan fingerprint density at radius 2 is 1.88 bits per heavy atom. The van der Waals surface area contributed by atoms with Crippen molar-refractivity contribution < 1.29 is 9.59 Å². The number of hydrogen-bond donors (Lipinski definition) is 0. The van der Waals surface area contributed by atoms with E-state index in [1.165, 1.54) is 16.5 Å². The number of nitrogens with zero attached hydrogens (tertiary/aromatic N) is 4. The maximum atomic E-state index is 12.7. The molecule has 0 spiro atoms. The SMILES string of the molecule is CN(C)C(=O)[C@@H]1CN(C(=O)CCc2cn(C)c3ccccc23)CCN1C. The number of carbonyl (C=O) groups excluding carboxylic acids is 2. The average Bonchev–Trinajstić information content (AvgIpc) is 2.96. The van der Waals surface area contributed by atoms with Crippen LogP contribution in [0.15, 0.2) is 30.5 Å². The van der Waals surface area contributed by atoms with Gasteiger partial charge in [-0.1, -0.05) is 18.2 Å². The third-order valence-electron chi connectivity index (χ3n) is 5.31. The largest absolute Gasteiger partial charge is 0.350 e. The fraction of sp³-hybridized carbons (Fsp3) is 0.500. The van der Waals surface area contributed by atoms with Crippen molar-refractivity contribution in [3.05, 3.63) is 36.0 Å². The Balaban J connectivity index is 1.65. The quantitative estimate of drug-likeness (QED) is 0.831. The summed E-state index contributed by atoms with van der Waals surface area (Å²) in [6.45, 7) is 1.88. The van der Waals surface area contributed by atoms with E-state index in [4.69, 9.17) is 0 Å². The molecule has 2 heterocycles. The predicted octanol–water partition coefficient (Wildman–Crippen LogP) is 1.34. The van der Waals surface area contributed by atoms with Crippen molar-refractivity contribution in [2.45, 2.75) is 18.9 Å². The third kappa shape index (κ3) is 3.60. The first-order valence-electron chi connectivity index (χ1n) is 9.10. The minimum atomic E-state index is -0.250. The van der Waals surface area contributed by atoms with Gasteiger partial charge in [0.25, 0.3) is 0 Å². The van der Waals surface area contributed by atoms with E-state index in [0.717, 1.165) is 13.0 Å². The number of piperazine rings is 1. The lowest BCUT2D eigenvalue weighted by molar-refractivity contribution is -0.141. The zero-order valence-electron chi connectivity index (χ0n) is 16.1. The van der Waals surface area contributed by atoms with E-state index in [-0.39, 0.29) is 17.9 Å². The van der Waals surface area contributed by atoms with Crippen LogP contribution in [-0.4, -0.2) is 77.9 Å². The second-order valence-electron chi connectivity index (χ2n) is 7.35. The Morgan fingerprint density at radius 3 is 2.62 bits per heavy atom. The van der Waals surface area contributed by atoms with Gasteiger partial charge in [0.15, 0.2) is 0 Å². The van der Waals surface area contributed by atoms with E-state index in [2.05, 4.69) is 22.9 Å². The summed E-state index contributed by atoms with van der Waals surface area (Å²) in [5.74, 6) is 0.182. The van der Waals surface area contributed by atoms with E-state index in [1.807, 2.05) is 36.0 Å². The molecule has 140 valence electrons. The highest BCUT2D eigenvalue weighted by Gasteiger charge is 2.32. The van der Waals surface area contributed by atoms with Crippen LogP contribution in [0.25, 0.3) is 10.9 Å². The first-order valence-corrected chi connectivity index (χ1v) is 9.10. The molecule has 2 amide bonds. The molecule has 1 atom stereocenters. The Bertz CT molecular complexity index is 811. The summed E-state index contributed by atoms with van der Waals surface area (Å²) in [4.78, 5) is 30.6. The number of amides is 2. The summed E-state index contributed by atoms with van der Waals surface area (Å²) in [7, 11) is 7.50. The second kappa shape index (κ2) is 7.50. The van der Waals surface area contributed by atoms with E-state index in [0.29, 0.717) is 19.5 Å². The number of hydrogen-bond acceptors (Lipinski definition) is 3. The van der Waals surface area contributed by atoms with Crippen molar-refractivity contribution in [3.8, 4) is 0 Å². The molecule has 1 aromatic carbocycles. The minimum absolute atomic E-state index is 0.0547. The monoisotopic (exact) mass is 356 g/mol. The van der Waals surface area contributed by atoms with Gasteiger partial charge < -0.3 is 14.4 Å². The van der Waals surface area contributed by atoms with E-state index in [1.54, 1.807) is 19.0 Å². The first kappa shape index (κ1) is 18.5. The highest BCUT2D eigenvalue weighted by Crippen LogP contribution is 2.22. The van der Waals surface area contributed by atoms with Crippen LogP contribution < -0.4 is 0 Å². The van der Waals surface area contributed by atoms with Gasteiger partial charge in [0.05, 0.1) is 0 Å². The zero-order chi connectivity index (χ0) is 18.8. The lowest BCUT2D eigenvalue weighted by atomic mass is 10.1. The normalized spacial score (nSPS) is 18.3. The van der Waals surface area contributed by atoms with Crippen molar-refractivity contribution in [3.63, 3.8) is 0 Å². The molecule has 1 aliphatic heterocycles. The third-order valence-corrected chi connectivity index (χ3v) is 5.31. The number of benzene rings is 1. The molecule has 6 heteroatoms. The Kier molecular flexibility index (Phi) is 5.32. The number of para-hydroxylation sites is 1. The molecule has 1 aliphatic rings. The number of carbonyl (C=O) groups is 2. The minimum Gasteiger partial charge on any atom is -0.350 e. The number of likely N-dealkylation sites (N-methyl/N-ethyl adjacent to an activating group) is 2. The standard InChI is InChI=1S/C20H28N4O2/c1-21(2)20(26)18-14-24(12-11-22(18)3)19(25)10-9-15-13-23(4)17-8-6-5-7-16(15)17/h5-8,13,18H,9-12,14H2,1-4H3/t18-/m0/s1. The summed E-state index contributed by atoms with van der Waals surface area (Å²) in [5.41, 5.74) is 2.39. The molecule has 1 saturated heterocycles. The van der Waals surface area contributed by atoms with Crippen molar-refractivity contribution in [1.82, 2.24) is 19.3 Å². The van der Waals surface area contributed by atoms with E-state index < -0.39 is 0 Å². The number of rotatable bonds is 4. The molecule has 0 N–H and O–H groups in total. The van der Waals surface area contributed by atoms with Crippen LogP contribution in [0.3, 0.4) is 0 Å². The van der Waals surface area contributed by atoms with E-state index >= 15 is 0 Å². The van der Waals surface area contributed by atoms with Gasteiger partial charge in [0.1, 0.15) is 6.04 Å². The van der Waals surface area contributed by atoms with Crippen molar-refractivity contribution in [2.24, 2.45) is 7.05 Å². The molecule has 3 rings (SSSR count). The molecule has 0 bridgehead atoms. The van der Waals surface area contributed by atoms with Crippen LogP contribution in [-0.2, 0) is 23.1 Å². The van der Waals surface area contributed by atoms with Gasteiger partial charge in [-0.3, -0.25) is 14.5 Å². The van der Waals surface area contributed by atoms with Gasteiger partial charge in [-0.2, -0.15) is 0 Å². The van der Waals surface area contributed by atoms with Crippen LogP contribution in [0.2, 0.25) is 0 Å². The van der Waals surface area contributed by atoms with Crippen LogP contribution in [0.1, 0.15) is 12.0 Å². The van der Waals surface area contributed by atoms with Crippen LogP contribution in [0.5, 0.6) is 0 Å². The zero-order valence-corrected chi connectivity index (χ0v) is 16.1. The fourth-order valence-corrected chi connectivity index (χ4v) is 3.69. The first-order chi connectivity index (χ1) is 12.4. The van der Waals surface area contributed by atoms with Gasteiger partial charge >= 0.3 is 0 Å². The summed E-state index contributed by atoms with van der Waals surface area (Å²) in [6, 6.07) is 8.02. The number of aromatic nitrogens is 1. The van der Waals surface area contributed by atoms with Crippen LogP contribution >= 0.6 is 0 Å². The van der Waals surface area contributed by atoms with Gasteiger partial charge in [-0.05, 0) is 25.1 Å². The molecular formula is C20H28N4O2. The van der Waals surface area contributed by atoms with Crippen molar-refractivity contribution >= 4 is 22.7 Å². The van der Waals surface area contributed by atoms with Crippen LogP contribution in [0, 0.1) is 0 Å². The summed E-state index contributed by atoms with van der Waals surface area (Å²) in [6.07, 6.45) is 3.31. The van der Waals surface area contributed by atoms with E-state index in [9.17, 15) is 9.59 Å². The van der Waals surface area contributed by atoms with Gasteiger partial charge in [0.2, 0.25) is 11.8 Å². The maximum Gasteiger partial charge on any atom is 0.241 e. The number of aryl methyl sites for hydroxylation is 2. The molecule has 6 nitrogen and oxygen atoms in total. The molecule has 1 fully saturated rings. The summed E-state index contributed by atoms with van der Waals surface area (Å²) in [5, 5.41) is 1.21. The Hall–Kier alpha value is -2.34. The molecule has 1 aromatic heterocycles. The lowest BCUT2D eigenvalue weighted by Gasteiger charge is -2.39. The highest BCUT2D eigenvalue weighted by molar-refractivity contribution is 5.86. The Morgan fingerprint density at radius 1 is 1.15 bits per heavy atom. The Labute approximate surface area is 155 Å². The predicted molar refractivity (Wildman–Crippen MR) is 103 cm³/mol. The maximum absolute atomic E-state index is 12.7. The summed E-state index contributed by atoms with van der Waals surface area (Å²) >= 11 is 0. The topological polar surface area (TPSA) is 48.8 Å². The molecular weight excluding hydrogens is 328 g/mol. The molecule has 26 heavy (non-hydrogen) atoms. The van der Waals surface area contributed by atoms with Gasteiger partial charge in [0, 0.05) is 64.3 Å². The molecule has 0 radical (unpaired) electrons. The molecule has 0 saturated carbocycles. The summed E-state index contributed by atoms with van der Waals surface area (Å²) < 4.78 is 2.11. The molecule has 0 unspecified atom stereocenters. The smallest absolute Gasteiger partial charge is 0.241 e. The lowest BCUT2D eigenvalue weighted by Crippen LogP contribution is -2.58. The molecule has 0 aliphatic carbocycles. The fourth-order valence-electron chi connectivity index (χ4n) is 3.69. The molecule has 2 aromatic rings. The number of fused-ring (bicyclic) bond motifs is 1. The van der Waals surface area contributed by atoms with Crippen LogP contribution in [0.4, 0.5) is 0 Å². The van der Waals surface area contributed by atoms with Crippen molar-refractivity contribution in [2.75, 3.05) is 40.8 Å². The highest BCUT2D eigenvalue weighted by atomic mass is 16.2. The van der Waals surface area contributed by atoms with Gasteiger partial charge in [-0.25, -0.2) is 0 Å². The average molecular weight is 356 g/mol.